The highest BCUT2D eigenvalue weighted by Crippen LogP contribution is 2.32. The number of piperazine rings is 1. The van der Waals surface area contributed by atoms with Crippen LogP contribution in [0.15, 0.2) is 65.4 Å². The molecule has 6 nitrogen and oxygen atoms in total. The molecule has 0 bridgehead atoms. The first-order valence-corrected chi connectivity index (χ1v) is 9.22. The summed E-state index contributed by atoms with van der Waals surface area (Å²) in [6.45, 7) is 4.07. The molecule has 1 aliphatic heterocycles. The third kappa shape index (κ3) is 3.17. The number of aryl methyl sites for hydroxylation is 1. The molecule has 2 heterocycles. The van der Waals surface area contributed by atoms with Crippen LogP contribution in [-0.2, 0) is 4.79 Å². The molecular weight excluding hydrogens is 354 g/mol. The Labute approximate surface area is 163 Å². The Morgan fingerprint density at radius 3 is 2.54 bits per heavy atom. The summed E-state index contributed by atoms with van der Waals surface area (Å²) in [5, 5.41) is 0. The molecule has 28 heavy (non-hydrogen) atoms. The molecule has 1 fully saturated rings. The number of benzene rings is 2. The lowest BCUT2D eigenvalue weighted by atomic mass is 10.0. The molecular formula is C22H21N3O3. The van der Waals surface area contributed by atoms with Crippen LogP contribution in [0.4, 0.5) is 5.69 Å². The number of oxazole rings is 1. The van der Waals surface area contributed by atoms with Gasteiger partial charge >= 0.3 is 0 Å². The number of carbonyl (C=O) groups excluding carboxylic acids is 2. The van der Waals surface area contributed by atoms with Crippen molar-refractivity contribution in [2.45, 2.75) is 19.9 Å². The van der Waals surface area contributed by atoms with Gasteiger partial charge in [-0.1, -0.05) is 48.5 Å². The molecule has 0 radical (unpaired) electrons. The van der Waals surface area contributed by atoms with E-state index in [1.807, 2.05) is 61.5 Å². The van der Waals surface area contributed by atoms with E-state index in [1.54, 1.807) is 16.7 Å². The number of amides is 2. The standard InChI is InChI=1S/C22H21N3O3/c1-15-12-25(19-11-7-6-10-18(19)17-8-4-3-5-9-17)20(26)13-24(15)22(27)21-16(2)28-14-23-21/h3-11,14-15H,12-13H2,1-2H3/t15-/m0/s1. The summed E-state index contributed by atoms with van der Waals surface area (Å²) in [6, 6.07) is 17.7. The quantitative estimate of drug-likeness (QED) is 0.702. The second kappa shape index (κ2) is 7.31. The number of para-hydroxylation sites is 1. The normalized spacial score (nSPS) is 17.1. The van der Waals surface area contributed by atoms with E-state index in [9.17, 15) is 9.59 Å². The largest absolute Gasteiger partial charge is 0.448 e. The molecule has 1 atom stereocenters. The average molecular weight is 375 g/mol. The van der Waals surface area contributed by atoms with Crippen LogP contribution in [0, 0.1) is 6.92 Å². The fourth-order valence-electron chi connectivity index (χ4n) is 3.57. The Balaban J connectivity index is 1.62. The van der Waals surface area contributed by atoms with Crippen LogP contribution in [0.25, 0.3) is 11.1 Å². The molecule has 3 aromatic rings. The lowest BCUT2D eigenvalue weighted by Crippen LogP contribution is -2.57. The summed E-state index contributed by atoms with van der Waals surface area (Å²) >= 11 is 0. The van der Waals surface area contributed by atoms with E-state index in [4.69, 9.17) is 4.42 Å². The van der Waals surface area contributed by atoms with Crippen LogP contribution < -0.4 is 4.90 Å². The summed E-state index contributed by atoms with van der Waals surface area (Å²) in [7, 11) is 0. The molecule has 142 valence electrons. The van der Waals surface area contributed by atoms with Crippen molar-refractivity contribution in [2.75, 3.05) is 18.0 Å². The first-order valence-electron chi connectivity index (χ1n) is 9.22. The highest BCUT2D eigenvalue weighted by atomic mass is 16.3. The lowest BCUT2D eigenvalue weighted by molar-refractivity contribution is -0.121. The summed E-state index contributed by atoms with van der Waals surface area (Å²) in [5.74, 6) is 0.0700. The van der Waals surface area contributed by atoms with Crippen molar-refractivity contribution < 1.29 is 14.0 Å². The number of anilines is 1. The van der Waals surface area contributed by atoms with Crippen LogP contribution in [-0.4, -0.2) is 40.8 Å². The van der Waals surface area contributed by atoms with Crippen molar-refractivity contribution in [3.05, 3.63) is 72.4 Å². The average Bonchev–Trinajstić information content (AvgIpc) is 3.15. The minimum atomic E-state index is -0.275. The molecule has 0 aliphatic carbocycles. The Morgan fingerprint density at radius 1 is 1.11 bits per heavy atom. The van der Waals surface area contributed by atoms with Gasteiger partial charge in [0.15, 0.2) is 12.1 Å². The van der Waals surface area contributed by atoms with Crippen molar-refractivity contribution in [3.8, 4) is 11.1 Å². The number of aromatic nitrogens is 1. The highest BCUT2D eigenvalue weighted by Gasteiger charge is 2.35. The maximum absolute atomic E-state index is 13.0. The summed E-state index contributed by atoms with van der Waals surface area (Å²) in [6.07, 6.45) is 1.25. The first kappa shape index (κ1) is 18.0. The number of hydrogen-bond donors (Lipinski definition) is 0. The minimum Gasteiger partial charge on any atom is -0.448 e. The van der Waals surface area contributed by atoms with E-state index in [1.165, 1.54) is 6.39 Å². The van der Waals surface area contributed by atoms with Gasteiger partial charge in [-0.15, -0.1) is 0 Å². The van der Waals surface area contributed by atoms with Crippen LogP contribution in [0.2, 0.25) is 0 Å². The molecule has 0 N–H and O–H groups in total. The Morgan fingerprint density at radius 2 is 1.82 bits per heavy atom. The lowest BCUT2D eigenvalue weighted by Gasteiger charge is -2.39. The van der Waals surface area contributed by atoms with Gasteiger partial charge < -0.3 is 14.2 Å². The predicted octanol–water partition coefficient (Wildman–Crippen LogP) is 3.53. The molecule has 0 unspecified atom stereocenters. The number of rotatable bonds is 3. The minimum absolute atomic E-state index is 0.00935. The van der Waals surface area contributed by atoms with Crippen LogP contribution in [0.3, 0.4) is 0 Å². The number of hydrogen-bond acceptors (Lipinski definition) is 4. The third-order valence-electron chi connectivity index (χ3n) is 5.07. The van der Waals surface area contributed by atoms with Crippen molar-refractivity contribution in [2.24, 2.45) is 0 Å². The van der Waals surface area contributed by atoms with Crippen LogP contribution in [0.1, 0.15) is 23.2 Å². The molecule has 2 amide bonds. The molecule has 1 saturated heterocycles. The van der Waals surface area contributed by atoms with Gasteiger partial charge in [-0.3, -0.25) is 9.59 Å². The van der Waals surface area contributed by atoms with E-state index < -0.39 is 0 Å². The fourth-order valence-corrected chi connectivity index (χ4v) is 3.57. The topological polar surface area (TPSA) is 66.7 Å². The summed E-state index contributed by atoms with van der Waals surface area (Å²) < 4.78 is 5.14. The second-order valence-corrected chi connectivity index (χ2v) is 6.93. The highest BCUT2D eigenvalue weighted by molar-refractivity contribution is 6.03. The molecule has 6 heteroatoms. The van der Waals surface area contributed by atoms with E-state index in [-0.39, 0.29) is 30.1 Å². The zero-order valence-electron chi connectivity index (χ0n) is 15.8. The Hall–Kier alpha value is -3.41. The molecule has 1 aromatic heterocycles. The van der Waals surface area contributed by atoms with Crippen LogP contribution in [0.5, 0.6) is 0 Å². The summed E-state index contributed by atoms with van der Waals surface area (Å²) in [4.78, 5) is 33.1. The molecule has 0 saturated carbocycles. The first-order chi connectivity index (χ1) is 13.6. The third-order valence-corrected chi connectivity index (χ3v) is 5.07. The number of carbonyl (C=O) groups is 2. The van der Waals surface area contributed by atoms with Gasteiger partial charge in [0.2, 0.25) is 5.91 Å². The predicted molar refractivity (Wildman–Crippen MR) is 106 cm³/mol. The van der Waals surface area contributed by atoms with E-state index in [0.29, 0.717) is 12.3 Å². The molecule has 0 spiro atoms. The van der Waals surface area contributed by atoms with Gasteiger partial charge in [-0.2, -0.15) is 0 Å². The number of nitrogens with zero attached hydrogens (tertiary/aromatic N) is 3. The fraction of sp³-hybridized carbons (Fsp3) is 0.227. The Bertz CT molecular complexity index is 1010. The van der Waals surface area contributed by atoms with E-state index >= 15 is 0 Å². The van der Waals surface area contributed by atoms with Crippen LogP contribution >= 0.6 is 0 Å². The van der Waals surface area contributed by atoms with Gasteiger partial charge in [-0.25, -0.2) is 4.98 Å². The zero-order chi connectivity index (χ0) is 19.7. The SMILES string of the molecule is Cc1ocnc1C(=O)N1CC(=O)N(c2ccccc2-c2ccccc2)C[C@@H]1C. The van der Waals surface area contributed by atoms with E-state index in [2.05, 4.69) is 4.98 Å². The van der Waals surface area contributed by atoms with Crippen molar-refractivity contribution >= 4 is 17.5 Å². The van der Waals surface area contributed by atoms with Gasteiger partial charge in [0.25, 0.3) is 5.91 Å². The van der Waals surface area contributed by atoms with Crippen molar-refractivity contribution in [1.29, 1.82) is 0 Å². The molecule has 4 rings (SSSR count). The smallest absolute Gasteiger partial charge is 0.276 e. The van der Waals surface area contributed by atoms with Gasteiger partial charge in [0.1, 0.15) is 12.3 Å². The van der Waals surface area contributed by atoms with Crippen molar-refractivity contribution in [1.82, 2.24) is 9.88 Å². The maximum atomic E-state index is 13.0. The Kier molecular flexibility index (Phi) is 4.69. The molecule has 1 aliphatic rings. The van der Waals surface area contributed by atoms with Gasteiger partial charge in [0, 0.05) is 18.2 Å². The zero-order valence-corrected chi connectivity index (χ0v) is 15.8. The van der Waals surface area contributed by atoms with Gasteiger partial charge in [0.05, 0.1) is 5.69 Å². The van der Waals surface area contributed by atoms with E-state index in [0.717, 1.165) is 16.8 Å². The summed E-state index contributed by atoms with van der Waals surface area (Å²) in [5.41, 5.74) is 3.17. The second-order valence-electron chi connectivity index (χ2n) is 6.93. The monoisotopic (exact) mass is 375 g/mol. The molecule has 2 aromatic carbocycles. The maximum Gasteiger partial charge on any atom is 0.276 e. The van der Waals surface area contributed by atoms with Crippen molar-refractivity contribution in [3.63, 3.8) is 0 Å². The van der Waals surface area contributed by atoms with Gasteiger partial charge in [-0.05, 0) is 25.5 Å².